The van der Waals surface area contributed by atoms with E-state index in [0.717, 1.165) is 6.42 Å². The van der Waals surface area contributed by atoms with E-state index in [2.05, 4.69) is 5.32 Å². The summed E-state index contributed by atoms with van der Waals surface area (Å²) < 4.78 is 26.2. The fourth-order valence-electron chi connectivity index (χ4n) is 3.59. The first-order chi connectivity index (χ1) is 14.4. The van der Waals surface area contributed by atoms with Crippen molar-refractivity contribution in [1.82, 2.24) is 4.31 Å². The number of hydrogen-bond donors (Lipinski definition) is 1. The van der Waals surface area contributed by atoms with Crippen LogP contribution in [0.1, 0.15) is 48.5 Å². The number of carbonyl (C=O) groups excluding carboxylic acids is 2. The Kier molecular flexibility index (Phi) is 7.39. The molecule has 2 aromatic carbocycles. The predicted octanol–water partition coefficient (Wildman–Crippen LogP) is 3.70. The molecule has 2 aromatic rings. The molecule has 1 N–H and O–H groups in total. The van der Waals surface area contributed by atoms with Gasteiger partial charge >= 0.3 is 0 Å². The summed E-state index contributed by atoms with van der Waals surface area (Å²) >= 11 is 0. The van der Waals surface area contributed by atoms with E-state index in [0.29, 0.717) is 49.2 Å². The molecule has 7 heteroatoms. The van der Waals surface area contributed by atoms with Crippen LogP contribution in [0.4, 0.5) is 5.69 Å². The lowest BCUT2D eigenvalue weighted by atomic mass is 9.97. The topological polar surface area (TPSA) is 83.6 Å². The van der Waals surface area contributed by atoms with Gasteiger partial charge in [-0.25, -0.2) is 12.7 Å². The lowest BCUT2D eigenvalue weighted by molar-refractivity contribution is -0.120. The van der Waals surface area contributed by atoms with Crippen LogP contribution < -0.4 is 5.32 Å². The second-order valence-corrected chi connectivity index (χ2v) is 9.70. The van der Waals surface area contributed by atoms with E-state index in [-0.39, 0.29) is 23.4 Å². The van der Waals surface area contributed by atoms with Gasteiger partial charge in [-0.15, -0.1) is 0 Å². The largest absolute Gasteiger partial charge is 0.326 e. The summed E-state index contributed by atoms with van der Waals surface area (Å²) in [4.78, 5) is 25.3. The van der Waals surface area contributed by atoms with Crippen LogP contribution in [0, 0.1) is 5.92 Å². The smallest absolute Gasteiger partial charge is 0.227 e. The summed E-state index contributed by atoms with van der Waals surface area (Å²) in [6, 6.07) is 15.9. The first-order valence-electron chi connectivity index (χ1n) is 10.4. The zero-order valence-electron chi connectivity index (χ0n) is 17.2. The van der Waals surface area contributed by atoms with Crippen LogP contribution in [0.3, 0.4) is 0 Å². The minimum atomic E-state index is -3.23. The highest BCUT2D eigenvalue weighted by Crippen LogP contribution is 2.23. The maximum absolute atomic E-state index is 12.7. The van der Waals surface area contributed by atoms with Crippen LogP contribution in [0.25, 0.3) is 0 Å². The normalized spacial score (nSPS) is 15.6. The SMILES string of the molecule is CCCCS(=O)(=O)N1CCC(C(=O)Nc2cccc(C(=O)c3ccccc3)c2)CC1. The Morgan fingerprint density at radius 1 is 1.00 bits per heavy atom. The highest BCUT2D eigenvalue weighted by atomic mass is 32.2. The van der Waals surface area contributed by atoms with Gasteiger partial charge in [0.2, 0.25) is 15.9 Å². The molecule has 1 saturated heterocycles. The van der Waals surface area contributed by atoms with Crippen molar-refractivity contribution in [3.8, 4) is 0 Å². The lowest BCUT2D eigenvalue weighted by Crippen LogP contribution is -2.42. The number of unbranched alkanes of at least 4 members (excludes halogenated alkanes) is 1. The van der Waals surface area contributed by atoms with Crippen LogP contribution in [-0.2, 0) is 14.8 Å². The number of piperidine rings is 1. The number of nitrogens with zero attached hydrogens (tertiary/aromatic N) is 1. The Morgan fingerprint density at radius 3 is 2.33 bits per heavy atom. The van der Waals surface area contributed by atoms with Crippen molar-refractivity contribution < 1.29 is 18.0 Å². The first-order valence-corrected chi connectivity index (χ1v) is 12.0. The molecule has 1 aliphatic heterocycles. The van der Waals surface area contributed by atoms with Gasteiger partial charge in [0.1, 0.15) is 0 Å². The molecule has 0 saturated carbocycles. The summed E-state index contributed by atoms with van der Waals surface area (Å²) in [6.45, 7) is 2.71. The summed E-state index contributed by atoms with van der Waals surface area (Å²) in [5, 5.41) is 2.89. The molecule has 0 aromatic heterocycles. The second kappa shape index (κ2) is 10.00. The van der Waals surface area contributed by atoms with E-state index in [9.17, 15) is 18.0 Å². The average molecular weight is 429 g/mol. The number of sulfonamides is 1. The molecular formula is C23H28N2O4S. The molecular weight excluding hydrogens is 400 g/mol. The molecule has 0 aliphatic carbocycles. The zero-order chi connectivity index (χ0) is 21.6. The number of nitrogens with one attached hydrogen (secondary N) is 1. The number of rotatable bonds is 8. The number of ketones is 1. The van der Waals surface area contributed by atoms with E-state index in [1.807, 2.05) is 25.1 Å². The average Bonchev–Trinajstić information content (AvgIpc) is 2.78. The molecule has 0 radical (unpaired) electrons. The molecule has 0 atom stereocenters. The number of carbonyl (C=O) groups is 2. The van der Waals surface area contributed by atoms with Gasteiger partial charge < -0.3 is 5.32 Å². The number of hydrogen-bond acceptors (Lipinski definition) is 4. The van der Waals surface area contributed by atoms with Gasteiger partial charge in [0.25, 0.3) is 0 Å². The van der Waals surface area contributed by atoms with Crippen molar-refractivity contribution in [3.63, 3.8) is 0 Å². The van der Waals surface area contributed by atoms with Gasteiger partial charge in [0, 0.05) is 35.8 Å². The second-order valence-electron chi connectivity index (χ2n) is 7.61. The summed E-state index contributed by atoms with van der Waals surface area (Å²) in [6.07, 6.45) is 2.49. The minimum absolute atomic E-state index is 0.0997. The molecule has 1 aliphatic rings. The Balaban J connectivity index is 1.59. The first kappa shape index (κ1) is 22.2. The van der Waals surface area contributed by atoms with Crippen LogP contribution >= 0.6 is 0 Å². The highest BCUT2D eigenvalue weighted by molar-refractivity contribution is 7.89. The fourth-order valence-corrected chi connectivity index (χ4v) is 5.27. The molecule has 3 rings (SSSR count). The molecule has 1 amide bonds. The van der Waals surface area contributed by atoms with E-state index in [4.69, 9.17) is 0 Å². The number of anilines is 1. The highest BCUT2D eigenvalue weighted by Gasteiger charge is 2.30. The molecule has 6 nitrogen and oxygen atoms in total. The minimum Gasteiger partial charge on any atom is -0.326 e. The zero-order valence-corrected chi connectivity index (χ0v) is 18.0. The number of amides is 1. The fraction of sp³-hybridized carbons (Fsp3) is 0.391. The van der Waals surface area contributed by atoms with Crippen LogP contribution in [0.2, 0.25) is 0 Å². The quantitative estimate of drug-likeness (QED) is 0.650. The molecule has 30 heavy (non-hydrogen) atoms. The van der Waals surface area contributed by atoms with Crippen molar-refractivity contribution in [2.45, 2.75) is 32.6 Å². The van der Waals surface area contributed by atoms with Gasteiger partial charge in [-0.2, -0.15) is 0 Å². The van der Waals surface area contributed by atoms with Crippen molar-refractivity contribution in [3.05, 3.63) is 65.7 Å². The maximum atomic E-state index is 12.7. The van der Waals surface area contributed by atoms with Gasteiger partial charge in [-0.1, -0.05) is 55.8 Å². The van der Waals surface area contributed by atoms with Crippen molar-refractivity contribution in [1.29, 1.82) is 0 Å². The Bertz CT molecular complexity index is 981. The third kappa shape index (κ3) is 5.55. The number of benzene rings is 2. The van der Waals surface area contributed by atoms with E-state index in [1.54, 1.807) is 36.4 Å². The van der Waals surface area contributed by atoms with Crippen LogP contribution in [0.5, 0.6) is 0 Å². The molecule has 160 valence electrons. The van der Waals surface area contributed by atoms with E-state index in [1.165, 1.54) is 4.31 Å². The molecule has 1 heterocycles. The van der Waals surface area contributed by atoms with Crippen LogP contribution in [0.15, 0.2) is 54.6 Å². The Labute approximate surface area is 178 Å². The standard InChI is InChI=1S/C23H28N2O4S/c1-2-3-16-30(28,29)25-14-12-19(13-15-25)23(27)24-21-11-7-10-20(17-21)22(26)18-8-5-4-6-9-18/h4-11,17,19H,2-3,12-16H2,1H3,(H,24,27). The van der Waals surface area contributed by atoms with E-state index < -0.39 is 10.0 Å². The Hall–Kier alpha value is -2.51. The third-order valence-corrected chi connectivity index (χ3v) is 7.36. The van der Waals surface area contributed by atoms with Gasteiger partial charge in [-0.05, 0) is 31.4 Å². The van der Waals surface area contributed by atoms with E-state index >= 15 is 0 Å². The van der Waals surface area contributed by atoms with Gasteiger partial charge in [-0.3, -0.25) is 9.59 Å². The molecule has 0 spiro atoms. The summed E-state index contributed by atoms with van der Waals surface area (Å²) in [5.74, 6) is -0.305. The lowest BCUT2D eigenvalue weighted by Gasteiger charge is -2.30. The summed E-state index contributed by atoms with van der Waals surface area (Å²) in [7, 11) is -3.23. The maximum Gasteiger partial charge on any atom is 0.227 e. The monoisotopic (exact) mass is 428 g/mol. The van der Waals surface area contributed by atoms with Crippen molar-refractivity contribution >= 4 is 27.4 Å². The van der Waals surface area contributed by atoms with Crippen LogP contribution in [-0.4, -0.2) is 43.3 Å². The third-order valence-electron chi connectivity index (χ3n) is 5.40. The molecule has 1 fully saturated rings. The Morgan fingerprint density at radius 2 is 1.67 bits per heavy atom. The van der Waals surface area contributed by atoms with Crippen molar-refractivity contribution in [2.75, 3.05) is 24.2 Å². The van der Waals surface area contributed by atoms with Crippen molar-refractivity contribution in [2.24, 2.45) is 5.92 Å². The predicted molar refractivity (Wildman–Crippen MR) is 118 cm³/mol. The van der Waals surface area contributed by atoms with Gasteiger partial charge in [0.15, 0.2) is 5.78 Å². The molecule has 0 bridgehead atoms. The van der Waals surface area contributed by atoms with Gasteiger partial charge in [0.05, 0.1) is 5.75 Å². The summed E-state index contributed by atoms with van der Waals surface area (Å²) in [5.41, 5.74) is 1.67. The molecule has 0 unspecified atom stereocenters.